The fourth-order valence-corrected chi connectivity index (χ4v) is 4.54. The number of benzene rings is 2. The SMILES string of the molecule is C/C(=N/NC(=O)c1ccccc1F)c1ccc(S(=O)(=O)N2CCCCC2)cc1. The highest BCUT2D eigenvalue weighted by atomic mass is 32.2. The predicted octanol–water partition coefficient (Wildman–Crippen LogP) is 3.15. The van der Waals surface area contributed by atoms with Crippen LogP contribution in [0.15, 0.2) is 58.5 Å². The number of halogens is 1. The Morgan fingerprint density at radius 3 is 2.32 bits per heavy atom. The summed E-state index contributed by atoms with van der Waals surface area (Å²) in [6.07, 6.45) is 2.81. The first-order valence-corrected chi connectivity index (χ1v) is 10.5. The molecule has 0 bridgehead atoms. The van der Waals surface area contributed by atoms with Crippen molar-refractivity contribution in [3.63, 3.8) is 0 Å². The number of nitrogens with one attached hydrogen (secondary N) is 1. The molecule has 0 atom stereocenters. The second-order valence-electron chi connectivity index (χ2n) is 6.61. The topological polar surface area (TPSA) is 78.8 Å². The van der Waals surface area contributed by atoms with Gasteiger partial charge in [-0.2, -0.15) is 9.41 Å². The molecule has 3 rings (SSSR count). The van der Waals surface area contributed by atoms with E-state index in [1.807, 2.05) is 0 Å². The summed E-state index contributed by atoms with van der Waals surface area (Å²) in [5, 5.41) is 3.98. The smallest absolute Gasteiger partial charge is 0.267 e. The lowest BCUT2D eigenvalue weighted by Crippen LogP contribution is -2.35. The largest absolute Gasteiger partial charge is 0.274 e. The highest BCUT2D eigenvalue weighted by Crippen LogP contribution is 2.21. The first-order valence-electron chi connectivity index (χ1n) is 9.09. The molecule has 1 saturated heterocycles. The standard InChI is InChI=1S/C20H22FN3O3S/c1-15(22-23-20(25)18-7-3-4-8-19(18)21)16-9-11-17(12-10-16)28(26,27)24-13-5-2-6-14-24/h3-4,7-12H,2,5-6,13-14H2,1H3,(H,23,25)/b22-15-. The van der Waals surface area contributed by atoms with Crippen LogP contribution in [0.4, 0.5) is 4.39 Å². The maximum Gasteiger partial charge on any atom is 0.274 e. The van der Waals surface area contributed by atoms with Gasteiger partial charge in [-0.25, -0.2) is 18.2 Å². The van der Waals surface area contributed by atoms with E-state index in [1.165, 1.54) is 34.6 Å². The highest BCUT2D eigenvalue weighted by Gasteiger charge is 2.25. The summed E-state index contributed by atoms with van der Waals surface area (Å²) in [6.45, 7) is 2.77. The number of sulfonamides is 1. The van der Waals surface area contributed by atoms with E-state index in [0.29, 0.717) is 24.4 Å². The molecule has 0 unspecified atom stereocenters. The highest BCUT2D eigenvalue weighted by molar-refractivity contribution is 7.89. The zero-order valence-electron chi connectivity index (χ0n) is 15.6. The molecule has 28 heavy (non-hydrogen) atoms. The van der Waals surface area contributed by atoms with Crippen LogP contribution >= 0.6 is 0 Å². The van der Waals surface area contributed by atoms with E-state index in [2.05, 4.69) is 10.5 Å². The Bertz CT molecular complexity index is 982. The van der Waals surface area contributed by atoms with Crippen molar-refractivity contribution in [2.24, 2.45) is 5.10 Å². The first kappa shape index (κ1) is 20.2. The van der Waals surface area contributed by atoms with Crippen molar-refractivity contribution in [2.75, 3.05) is 13.1 Å². The molecule has 148 valence electrons. The van der Waals surface area contributed by atoms with Crippen molar-refractivity contribution in [1.29, 1.82) is 0 Å². The maximum atomic E-state index is 13.6. The minimum absolute atomic E-state index is 0.0953. The zero-order chi connectivity index (χ0) is 20.1. The molecule has 0 radical (unpaired) electrons. The number of piperidine rings is 1. The summed E-state index contributed by atoms with van der Waals surface area (Å²) in [7, 11) is -3.49. The summed E-state index contributed by atoms with van der Waals surface area (Å²) in [5.74, 6) is -1.28. The molecule has 1 N–H and O–H groups in total. The van der Waals surface area contributed by atoms with Crippen molar-refractivity contribution in [1.82, 2.24) is 9.73 Å². The summed E-state index contributed by atoms with van der Waals surface area (Å²) >= 11 is 0. The van der Waals surface area contributed by atoms with Gasteiger partial charge in [-0.05, 0) is 49.6 Å². The normalized spacial score (nSPS) is 16.0. The number of amides is 1. The molecule has 2 aromatic carbocycles. The molecule has 1 aliphatic heterocycles. The fourth-order valence-electron chi connectivity index (χ4n) is 3.03. The van der Waals surface area contributed by atoms with Crippen LogP contribution in [0.5, 0.6) is 0 Å². The number of carbonyl (C=O) groups is 1. The molecule has 1 fully saturated rings. The average molecular weight is 403 g/mol. The van der Waals surface area contributed by atoms with E-state index in [9.17, 15) is 17.6 Å². The van der Waals surface area contributed by atoms with Gasteiger partial charge in [0, 0.05) is 13.1 Å². The van der Waals surface area contributed by atoms with Crippen LogP contribution < -0.4 is 5.43 Å². The minimum atomic E-state index is -3.49. The molecule has 2 aromatic rings. The van der Waals surface area contributed by atoms with Crippen molar-refractivity contribution in [2.45, 2.75) is 31.1 Å². The maximum absolute atomic E-state index is 13.6. The summed E-state index contributed by atoms with van der Waals surface area (Å²) < 4.78 is 40.5. The monoisotopic (exact) mass is 403 g/mol. The Labute approximate surface area is 164 Å². The van der Waals surface area contributed by atoms with E-state index in [0.717, 1.165) is 19.3 Å². The number of nitrogens with zero attached hydrogens (tertiary/aromatic N) is 2. The van der Waals surface area contributed by atoms with Gasteiger partial charge in [-0.3, -0.25) is 4.79 Å². The van der Waals surface area contributed by atoms with Gasteiger partial charge in [0.2, 0.25) is 10.0 Å². The van der Waals surface area contributed by atoms with E-state index in [4.69, 9.17) is 0 Å². The van der Waals surface area contributed by atoms with Gasteiger partial charge < -0.3 is 0 Å². The van der Waals surface area contributed by atoms with Crippen LogP contribution in [0, 0.1) is 5.82 Å². The van der Waals surface area contributed by atoms with Gasteiger partial charge in [-0.1, -0.05) is 30.7 Å². The van der Waals surface area contributed by atoms with Crippen molar-refractivity contribution in [3.05, 3.63) is 65.5 Å². The van der Waals surface area contributed by atoms with Crippen LogP contribution in [0.2, 0.25) is 0 Å². The third kappa shape index (κ3) is 4.45. The van der Waals surface area contributed by atoms with E-state index in [-0.39, 0.29) is 10.5 Å². The number of hydrogen-bond donors (Lipinski definition) is 1. The Hall–Kier alpha value is -2.58. The molecule has 0 aromatic heterocycles. The Morgan fingerprint density at radius 1 is 1.04 bits per heavy atom. The van der Waals surface area contributed by atoms with Crippen molar-refractivity contribution >= 4 is 21.6 Å². The van der Waals surface area contributed by atoms with Crippen molar-refractivity contribution < 1.29 is 17.6 Å². The number of rotatable bonds is 5. The lowest BCUT2D eigenvalue weighted by atomic mass is 10.1. The number of hydrogen-bond acceptors (Lipinski definition) is 4. The molecule has 8 heteroatoms. The van der Waals surface area contributed by atoms with Gasteiger partial charge >= 0.3 is 0 Å². The molecule has 1 heterocycles. The molecule has 1 aliphatic rings. The molecular formula is C20H22FN3O3S. The summed E-state index contributed by atoms with van der Waals surface area (Å²) in [5.41, 5.74) is 3.36. The van der Waals surface area contributed by atoms with Crippen LogP contribution in [0.3, 0.4) is 0 Å². The van der Waals surface area contributed by atoms with E-state index in [1.54, 1.807) is 25.1 Å². The third-order valence-electron chi connectivity index (χ3n) is 4.67. The third-order valence-corrected chi connectivity index (χ3v) is 6.58. The van der Waals surface area contributed by atoms with Crippen molar-refractivity contribution in [3.8, 4) is 0 Å². The van der Waals surface area contributed by atoms with E-state index >= 15 is 0 Å². The Kier molecular flexibility index (Phi) is 6.21. The Morgan fingerprint density at radius 2 is 1.68 bits per heavy atom. The predicted molar refractivity (Wildman–Crippen MR) is 105 cm³/mol. The zero-order valence-corrected chi connectivity index (χ0v) is 16.4. The molecule has 0 aliphatic carbocycles. The number of hydrazone groups is 1. The molecular weight excluding hydrogens is 381 g/mol. The second kappa shape index (κ2) is 8.62. The molecule has 0 saturated carbocycles. The Balaban J connectivity index is 1.71. The van der Waals surface area contributed by atoms with Gasteiger partial charge in [0.05, 0.1) is 16.2 Å². The summed E-state index contributed by atoms with van der Waals surface area (Å²) in [4.78, 5) is 12.3. The minimum Gasteiger partial charge on any atom is -0.267 e. The first-order chi connectivity index (χ1) is 13.4. The molecule has 0 spiro atoms. The second-order valence-corrected chi connectivity index (χ2v) is 8.55. The van der Waals surface area contributed by atoms with Gasteiger partial charge in [0.1, 0.15) is 5.82 Å². The van der Waals surface area contributed by atoms with Gasteiger partial charge in [0.25, 0.3) is 5.91 Å². The fraction of sp³-hybridized carbons (Fsp3) is 0.300. The molecule has 6 nitrogen and oxygen atoms in total. The summed E-state index contributed by atoms with van der Waals surface area (Å²) in [6, 6.07) is 12.0. The van der Waals surface area contributed by atoms with Crippen LogP contribution in [0.1, 0.15) is 42.1 Å². The van der Waals surface area contributed by atoms with Gasteiger partial charge in [0.15, 0.2) is 0 Å². The van der Waals surface area contributed by atoms with Crippen LogP contribution in [-0.4, -0.2) is 37.4 Å². The lowest BCUT2D eigenvalue weighted by Gasteiger charge is -2.25. The number of carbonyl (C=O) groups excluding carboxylic acids is 1. The average Bonchev–Trinajstić information content (AvgIpc) is 2.73. The molecule has 1 amide bonds. The van der Waals surface area contributed by atoms with Crippen LogP contribution in [-0.2, 0) is 10.0 Å². The van der Waals surface area contributed by atoms with E-state index < -0.39 is 21.7 Å². The van der Waals surface area contributed by atoms with Crippen LogP contribution in [0.25, 0.3) is 0 Å². The van der Waals surface area contributed by atoms with Gasteiger partial charge in [-0.15, -0.1) is 0 Å². The lowest BCUT2D eigenvalue weighted by molar-refractivity contribution is 0.0951. The quantitative estimate of drug-likeness (QED) is 0.615.